The van der Waals surface area contributed by atoms with Crippen LogP contribution < -0.4 is 10.6 Å². The molecule has 0 heterocycles. The predicted octanol–water partition coefficient (Wildman–Crippen LogP) is 1.02. The minimum absolute atomic E-state index is 0.232. The number of carbonyl (C=O) groups excluding carboxylic acids is 1. The summed E-state index contributed by atoms with van der Waals surface area (Å²) in [5.74, 6) is -1.25. The third-order valence-corrected chi connectivity index (χ3v) is 4.53. The molecule has 2 aliphatic rings. The lowest BCUT2D eigenvalue weighted by Crippen LogP contribution is -2.49. The van der Waals surface area contributed by atoms with Crippen molar-refractivity contribution in [2.45, 2.75) is 57.2 Å². The standard InChI is InChI=1S/C14H25N3O3/c1-9(17(2)10-6-7-10)8-15-14(20)16-12-5-3-4-11(12)13(18)19/h9-12H,3-8H2,1-2H3,(H,18,19)(H2,15,16,20). The maximum Gasteiger partial charge on any atom is 0.315 e. The number of urea groups is 1. The van der Waals surface area contributed by atoms with Crippen molar-refractivity contribution >= 4 is 12.0 Å². The van der Waals surface area contributed by atoms with Crippen LogP contribution >= 0.6 is 0 Å². The molecule has 0 aliphatic heterocycles. The van der Waals surface area contributed by atoms with Crippen LogP contribution in [0, 0.1) is 5.92 Å². The Morgan fingerprint density at radius 3 is 2.60 bits per heavy atom. The van der Waals surface area contributed by atoms with Crippen LogP contribution in [0.2, 0.25) is 0 Å². The number of hydrogen-bond acceptors (Lipinski definition) is 3. The molecule has 3 N–H and O–H groups in total. The van der Waals surface area contributed by atoms with E-state index in [9.17, 15) is 9.59 Å². The van der Waals surface area contributed by atoms with Gasteiger partial charge >= 0.3 is 12.0 Å². The first-order chi connectivity index (χ1) is 9.49. The molecule has 0 aromatic carbocycles. The maximum atomic E-state index is 11.8. The summed E-state index contributed by atoms with van der Waals surface area (Å²) in [7, 11) is 2.08. The number of rotatable bonds is 6. The quantitative estimate of drug-likeness (QED) is 0.680. The normalized spacial score (nSPS) is 27.4. The minimum Gasteiger partial charge on any atom is -0.481 e. The Balaban J connectivity index is 1.70. The minimum atomic E-state index is -0.811. The lowest BCUT2D eigenvalue weighted by molar-refractivity contribution is -0.142. The average molecular weight is 283 g/mol. The van der Waals surface area contributed by atoms with Gasteiger partial charge < -0.3 is 15.7 Å². The van der Waals surface area contributed by atoms with Crippen LogP contribution in [-0.2, 0) is 4.79 Å². The van der Waals surface area contributed by atoms with Gasteiger partial charge in [0.1, 0.15) is 0 Å². The van der Waals surface area contributed by atoms with Gasteiger partial charge in [-0.2, -0.15) is 0 Å². The first-order valence-corrected chi connectivity index (χ1v) is 7.48. The molecule has 2 aliphatic carbocycles. The van der Waals surface area contributed by atoms with Gasteiger partial charge in [0.05, 0.1) is 5.92 Å². The predicted molar refractivity (Wildman–Crippen MR) is 75.5 cm³/mol. The fourth-order valence-corrected chi connectivity index (χ4v) is 2.87. The van der Waals surface area contributed by atoms with E-state index >= 15 is 0 Å². The molecule has 3 unspecified atom stereocenters. The van der Waals surface area contributed by atoms with Gasteiger partial charge in [-0.3, -0.25) is 9.69 Å². The van der Waals surface area contributed by atoms with Crippen LogP contribution in [0.25, 0.3) is 0 Å². The van der Waals surface area contributed by atoms with Crippen molar-refractivity contribution < 1.29 is 14.7 Å². The molecule has 114 valence electrons. The Labute approximate surface area is 119 Å². The van der Waals surface area contributed by atoms with E-state index in [1.54, 1.807) is 0 Å². The van der Waals surface area contributed by atoms with E-state index in [0.29, 0.717) is 25.0 Å². The molecule has 0 aromatic heterocycles. The van der Waals surface area contributed by atoms with E-state index in [1.165, 1.54) is 12.8 Å². The largest absolute Gasteiger partial charge is 0.481 e. The number of carbonyl (C=O) groups is 2. The molecular weight excluding hydrogens is 258 g/mol. The highest BCUT2D eigenvalue weighted by Gasteiger charge is 2.34. The van der Waals surface area contributed by atoms with Crippen LogP contribution in [0.1, 0.15) is 39.0 Å². The molecule has 0 aromatic rings. The van der Waals surface area contributed by atoms with Crippen molar-refractivity contribution in [1.82, 2.24) is 15.5 Å². The van der Waals surface area contributed by atoms with Gasteiger partial charge in [0.15, 0.2) is 0 Å². The summed E-state index contributed by atoms with van der Waals surface area (Å²) in [5.41, 5.74) is 0. The zero-order chi connectivity index (χ0) is 14.7. The van der Waals surface area contributed by atoms with E-state index in [0.717, 1.165) is 12.8 Å². The molecule has 2 amide bonds. The van der Waals surface area contributed by atoms with Crippen molar-refractivity contribution in [3.05, 3.63) is 0 Å². The van der Waals surface area contributed by atoms with Gasteiger partial charge in [0.25, 0.3) is 0 Å². The Bertz CT molecular complexity index is 371. The summed E-state index contributed by atoms with van der Waals surface area (Å²) in [5, 5.41) is 14.7. The number of nitrogens with zero attached hydrogens (tertiary/aromatic N) is 1. The Morgan fingerprint density at radius 2 is 2.00 bits per heavy atom. The van der Waals surface area contributed by atoms with Gasteiger partial charge in [-0.05, 0) is 39.7 Å². The Kier molecular flexibility index (Phi) is 4.86. The van der Waals surface area contributed by atoms with Crippen molar-refractivity contribution in [3.63, 3.8) is 0 Å². The second-order valence-electron chi connectivity index (χ2n) is 6.08. The SMILES string of the molecule is CC(CNC(=O)NC1CCCC1C(=O)O)N(C)C1CC1. The number of likely N-dealkylation sites (N-methyl/N-ethyl adjacent to an activating group) is 1. The first-order valence-electron chi connectivity index (χ1n) is 7.48. The van der Waals surface area contributed by atoms with E-state index in [1.807, 2.05) is 0 Å². The van der Waals surface area contributed by atoms with E-state index in [-0.39, 0.29) is 12.1 Å². The van der Waals surface area contributed by atoms with Crippen LogP contribution in [-0.4, -0.2) is 53.7 Å². The van der Waals surface area contributed by atoms with Gasteiger partial charge in [0.2, 0.25) is 0 Å². The zero-order valence-electron chi connectivity index (χ0n) is 12.3. The van der Waals surface area contributed by atoms with Gasteiger partial charge in [-0.25, -0.2) is 4.79 Å². The van der Waals surface area contributed by atoms with E-state index < -0.39 is 11.9 Å². The molecule has 2 saturated carbocycles. The van der Waals surface area contributed by atoms with Gasteiger partial charge in [-0.15, -0.1) is 0 Å². The topological polar surface area (TPSA) is 81.7 Å². The lowest BCUT2D eigenvalue weighted by atomic mass is 10.0. The molecule has 0 saturated heterocycles. The van der Waals surface area contributed by atoms with Crippen molar-refractivity contribution in [2.24, 2.45) is 5.92 Å². The Morgan fingerprint density at radius 1 is 1.30 bits per heavy atom. The molecule has 3 atom stereocenters. The number of hydrogen-bond donors (Lipinski definition) is 3. The Hall–Kier alpha value is -1.30. The highest BCUT2D eigenvalue weighted by Crippen LogP contribution is 2.27. The number of carboxylic acids is 1. The fraction of sp³-hybridized carbons (Fsp3) is 0.857. The fourth-order valence-electron chi connectivity index (χ4n) is 2.87. The maximum absolute atomic E-state index is 11.8. The van der Waals surface area contributed by atoms with Crippen molar-refractivity contribution in [1.29, 1.82) is 0 Å². The molecule has 2 rings (SSSR count). The van der Waals surface area contributed by atoms with Crippen LogP contribution in [0.3, 0.4) is 0 Å². The molecule has 6 nitrogen and oxygen atoms in total. The monoisotopic (exact) mass is 283 g/mol. The number of amides is 2. The zero-order valence-corrected chi connectivity index (χ0v) is 12.3. The first kappa shape index (κ1) is 15.1. The molecule has 0 spiro atoms. The number of aliphatic carboxylic acids is 1. The number of carboxylic acid groups (broad SMARTS) is 1. The molecule has 2 fully saturated rings. The molecular formula is C14H25N3O3. The molecule has 6 heteroatoms. The highest BCUT2D eigenvalue weighted by atomic mass is 16.4. The van der Waals surface area contributed by atoms with Crippen LogP contribution in [0.15, 0.2) is 0 Å². The van der Waals surface area contributed by atoms with Crippen LogP contribution in [0.4, 0.5) is 4.79 Å². The smallest absolute Gasteiger partial charge is 0.315 e. The second kappa shape index (κ2) is 6.43. The summed E-state index contributed by atoms with van der Waals surface area (Å²) in [4.78, 5) is 25.2. The summed E-state index contributed by atoms with van der Waals surface area (Å²) in [6.07, 6.45) is 4.76. The third kappa shape index (κ3) is 3.85. The van der Waals surface area contributed by atoms with Crippen molar-refractivity contribution in [3.8, 4) is 0 Å². The molecule has 0 bridgehead atoms. The second-order valence-corrected chi connectivity index (χ2v) is 6.08. The van der Waals surface area contributed by atoms with Crippen molar-refractivity contribution in [2.75, 3.05) is 13.6 Å². The summed E-state index contributed by atoms with van der Waals surface area (Å²) >= 11 is 0. The summed E-state index contributed by atoms with van der Waals surface area (Å²) in [6, 6.07) is 0.483. The lowest BCUT2D eigenvalue weighted by Gasteiger charge is -2.25. The van der Waals surface area contributed by atoms with Gasteiger partial charge in [0, 0.05) is 24.7 Å². The number of nitrogens with one attached hydrogen (secondary N) is 2. The highest BCUT2D eigenvalue weighted by molar-refractivity contribution is 5.77. The van der Waals surface area contributed by atoms with Gasteiger partial charge in [-0.1, -0.05) is 6.42 Å². The summed E-state index contributed by atoms with van der Waals surface area (Å²) in [6.45, 7) is 2.68. The molecule has 20 heavy (non-hydrogen) atoms. The molecule has 0 radical (unpaired) electrons. The van der Waals surface area contributed by atoms with Crippen LogP contribution in [0.5, 0.6) is 0 Å². The summed E-state index contributed by atoms with van der Waals surface area (Å²) < 4.78 is 0. The van der Waals surface area contributed by atoms with E-state index in [4.69, 9.17) is 5.11 Å². The van der Waals surface area contributed by atoms with E-state index in [2.05, 4.69) is 29.5 Å². The third-order valence-electron chi connectivity index (χ3n) is 4.53. The average Bonchev–Trinajstić information content (AvgIpc) is 3.15.